The van der Waals surface area contributed by atoms with Crippen LogP contribution in [-0.2, 0) is 6.54 Å². The lowest BCUT2D eigenvalue weighted by Gasteiger charge is -2.39. The van der Waals surface area contributed by atoms with E-state index >= 15 is 0 Å². The number of nitrogens with one attached hydrogen (secondary N) is 1. The van der Waals surface area contributed by atoms with Crippen LogP contribution in [0.15, 0.2) is 28.7 Å². The van der Waals surface area contributed by atoms with E-state index < -0.39 is 0 Å². The van der Waals surface area contributed by atoms with E-state index in [1.165, 1.54) is 35.7 Å². The maximum atomic E-state index is 3.73. The Morgan fingerprint density at radius 3 is 2.88 bits per heavy atom. The second-order valence-electron chi connectivity index (χ2n) is 5.80. The number of halogens is 1. The third kappa shape index (κ3) is 3.56. The van der Waals surface area contributed by atoms with Crippen molar-refractivity contribution in [1.82, 2.24) is 5.32 Å². The van der Waals surface area contributed by atoms with E-state index in [0.717, 1.165) is 6.54 Å². The quantitative estimate of drug-likeness (QED) is 0.865. The van der Waals surface area contributed by atoms with E-state index in [4.69, 9.17) is 0 Å². The number of hydrogen-bond acceptors (Lipinski definition) is 1. The van der Waals surface area contributed by atoms with Crippen LogP contribution in [-0.4, -0.2) is 6.04 Å². The summed E-state index contributed by atoms with van der Waals surface area (Å²) in [7, 11) is 0. The molecule has 0 amide bonds. The molecule has 0 saturated heterocycles. The number of hydrogen-bond donors (Lipinski definition) is 1. The van der Waals surface area contributed by atoms with Gasteiger partial charge in [0, 0.05) is 17.1 Å². The molecule has 0 aromatic heterocycles. The third-order valence-electron chi connectivity index (χ3n) is 3.95. The second-order valence-corrected chi connectivity index (χ2v) is 6.71. The van der Waals surface area contributed by atoms with E-state index in [0.29, 0.717) is 11.5 Å². The summed E-state index contributed by atoms with van der Waals surface area (Å²) in [6.07, 6.45) is 5.44. The number of benzene rings is 1. The first-order valence-corrected chi connectivity index (χ1v) is 7.35. The SMILES string of the molecule is CC1(C)CCCCC1NCc1cccc(Br)c1. The van der Waals surface area contributed by atoms with Crippen LogP contribution in [0, 0.1) is 5.41 Å². The van der Waals surface area contributed by atoms with E-state index in [9.17, 15) is 0 Å². The highest BCUT2D eigenvalue weighted by atomic mass is 79.9. The molecule has 1 N–H and O–H groups in total. The fraction of sp³-hybridized carbons (Fsp3) is 0.600. The Morgan fingerprint density at radius 2 is 2.18 bits per heavy atom. The molecule has 2 rings (SSSR count). The van der Waals surface area contributed by atoms with E-state index in [-0.39, 0.29) is 0 Å². The van der Waals surface area contributed by atoms with Gasteiger partial charge in [-0.1, -0.05) is 54.8 Å². The highest BCUT2D eigenvalue weighted by molar-refractivity contribution is 9.10. The Balaban J connectivity index is 1.93. The Morgan fingerprint density at radius 1 is 1.35 bits per heavy atom. The van der Waals surface area contributed by atoms with Gasteiger partial charge in [0.25, 0.3) is 0 Å². The average molecular weight is 296 g/mol. The molecular formula is C15H22BrN. The molecule has 0 bridgehead atoms. The molecule has 1 nitrogen and oxygen atoms in total. The van der Waals surface area contributed by atoms with Crippen molar-refractivity contribution in [3.05, 3.63) is 34.3 Å². The first-order valence-electron chi connectivity index (χ1n) is 6.56. The van der Waals surface area contributed by atoms with Gasteiger partial charge in [0.2, 0.25) is 0 Å². The van der Waals surface area contributed by atoms with Gasteiger partial charge in [-0.25, -0.2) is 0 Å². The summed E-state index contributed by atoms with van der Waals surface area (Å²) in [5.74, 6) is 0. The van der Waals surface area contributed by atoms with Crippen molar-refractivity contribution in [2.24, 2.45) is 5.41 Å². The molecule has 1 aliphatic carbocycles. The van der Waals surface area contributed by atoms with Gasteiger partial charge in [-0.15, -0.1) is 0 Å². The summed E-state index contributed by atoms with van der Waals surface area (Å²) in [5, 5.41) is 3.73. The van der Waals surface area contributed by atoms with Crippen molar-refractivity contribution in [3.8, 4) is 0 Å². The van der Waals surface area contributed by atoms with Crippen molar-refractivity contribution < 1.29 is 0 Å². The van der Waals surface area contributed by atoms with Gasteiger partial charge >= 0.3 is 0 Å². The molecule has 0 spiro atoms. The predicted octanol–water partition coefficient (Wildman–Crippen LogP) is 4.51. The lowest BCUT2D eigenvalue weighted by atomic mass is 9.73. The predicted molar refractivity (Wildman–Crippen MR) is 77.0 cm³/mol. The fourth-order valence-electron chi connectivity index (χ4n) is 2.76. The maximum Gasteiger partial charge on any atom is 0.0208 e. The molecule has 1 saturated carbocycles. The summed E-state index contributed by atoms with van der Waals surface area (Å²) >= 11 is 3.52. The molecule has 94 valence electrons. The average Bonchev–Trinajstić information content (AvgIpc) is 2.27. The van der Waals surface area contributed by atoms with Crippen LogP contribution in [0.2, 0.25) is 0 Å². The second kappa shape index (κ2) is 5.53. The Labute approximate surface area is 113 Å². The molecule has 1 aromatic rings. The number of rotatable bonds is 3. The largest absolute Gasteiger partial charge is 0.309 e. The van der Waals surface area contributed by atoms with E-state index in [1.54, 1.807) is 0 Å². The minimum absolute atomic E-state index is 0.449. The summed E-state index contributed by atoms with van der Waals surface area (Å²) in [5.41, 5.74) is 1.81. The standard InChI is InChI=1S/C15H22BrN/c1-15(2)9-4-3-8-14(15)17-11-12-6-5-7-13(16)10-12/h5-7,10,14,17H,3-4,8-9,11H2,1-2H3. The summed E-state index contributed by atoms with van der Waals surface area (Å²) in [6, 6.07) is 9.23. The Kier molecular flexibility index (Phi) is 4.26. The smallest absolute Gasteiger partial charge is 0.0208 e. The molecule has 1 aromatic carbocycles. The summed E-state index contributed by atoms with van der Waals surface area (Å²) in [4.78, 5) is 0. The summed E-state index contributed by atoms with van der Waals surface area (Å²) in [6.45, 7) is 5.77. The van der Waals surface area contributed by atoms with Crippen molar-refractivity contribution >= 4 is 15.9 Å². The molecule has 0 radical (unpaired) electrons. The van der Waals surface area contributed by atoms with Crippen molar-refractivity contribution in [3.63, 3.8) is 0 Å². The van der Waals surface area contributed by atoms with Crippen molar-refractivity contribution in [2.75, 3.05) is 0 Å². The molecule has 2 heteroatoms. The maximum absolute atomic E-state index is 3.73. The molecule has 1 unspecified atom stereocenters. The van der Waals surface area contributed by atoms with Crippen LogP contribution in [0.3, 0.4) is 0 Å². The normalized spacial score (nSPS) is 23.6. The van der Waals surface area contributed by atoms with Crippen LogP contribution in [0.5, 0.6) is 0 Å². The first kappa shape index (κ1) is 13.1. The van der Waals surface area contributed by atoms with Gasteiger partial charge in [0.05, 0.1) is 0 Å². The van der Waals surface area contributed by atoms with Gasteiger partial charge in [-0.2, -0.15) is 0 Å². The van der Waals surface area contributed by atoms with E-state index in [1.807, 2.05) is 0 Å². The van der Waals surface area contributed by atoms with Gasteiger partial charge in [0.15, 0.2) is 0 Å². The lowest BCUT2D eigenvalue weighted by Crippen LogP contribution is -2.43. The molecule has 0 heterocycles. The minimum Gasteiger partial charge on any atom is -0.309 e. The zero-order chi connectivity index (χ0) is 12.3. The van der Waals surface area contributed by atoms with Gasteiger partial charge in [-0.3, -0.25) is 0 Å². The zero-order valence-electron chi connectivity index (χ0n) is 10.8. The van der Waals surface area contributed by atoms with Gasteiger partial charge in [-0.05, 0) is 36.0 Å². The minimum atomic E-state index is 0.449. The molecule has 1 fully saturated rings. The molecule has 17 heavy (non-hydrogen) atoms. The van der Waals surface area contributed by atoms with E-state index in [2.05, 4.69) is 59.4 Å². The highest BCUT2D eigenvalue weighted by Gasteiger charge is 2.31. The fourth-order valence-corrected chi connectivity index (χ4v) is 3.21. The molecule has 1 aliphatic rings. The molecular weight excluding hydrogens is 274 g/mol. The Hall–Kier alpha value is -0.340. The van der Waals surface area contributed by atoms with Crippen LogP contribution in [0.4, 0.5) is 0 Å². The van der Waals surface area contributed by atoms with Crippen molar-refractivity contribution in [1.29, 1.82) is 0 Å². The van der Waals surface area contributed by atoms with Crippen LogP contribution in [0.1, 0.15) is 45.1 Å². The molecule has 1 atom stereocenters. The lowest BCUT2D eigenvalue weighted by molar-refractivity contribution is 0.167. The van der Waals surface area contributed by atoms with Gasteiger partial charge < -0.3 is 5.32 Å². The van der Waals surface area contributed by atoms with Crippen LogP contribution in [0.25, 0.3) is 0 Å². The zero-order valence-corrected chi connectivity index (χ0v) is 12.4. The topological polar surface area (TPSA) is 12.0 Å². The third-order valence-corrected chi connectivity index (χ3v) is 4.44. The first-order chi connectivity index (χ1) is 8.08. The summed E-state index contributed by atoms with van der Waals surface area (Å²) < 4.78 is 1.17. The molecule has 0 aliphatic heterocycles. The Bertz CT molecular complexity index is 373. The van der Waals surface area contributed by atoms with Crippen molar-refractivity contribution in [2.45, 2.75) is 52.1 Å². The van der Waals surface area contributed by atoms with Crippen LogP contribution < -0.4 is 5.32 Å². The monoisotopic (exact) mass is 295 g/mol. The van der Waals surface area contributed by atoms with Gasteiger partial charge in [0.1, 0.15) is 0 Å². The highest BCUT2D eigenvalue weighted by Crippen LogP contribution is 2.35. The van der Waals surface area contributed by atoms with Crippen LogP contribution >= 0.6 is 15.9 Å².